The van der Waals surface area contributed by atoms with Gasteiger partial charge in [-0.05, 0) is 54.3 Å². The van der Waals surface area contributed by atoms with Crippen LogP contribution in [-0.4, -0.2) is 48.3 Å². The van der Waals surface area contributed by atoms with Crippen LogP contribution >= 0.6 is 0 Å². The zero-order chi connectivity index (χ0) is 25.1. The van der Waals surface area contributed by atoms with Gasteiger partial charge in [-0.2, -0.15) is 0 Å². The van der Waals surface area contributed by atoms with Gasteiger partial charge in [0.2, 0.25) is 5.90 Å². The summed E-state index contributed by atoms with van der Waals surface area (Å²) in [6.45, 7) is 5.20. The number of hydrogen-bond donors (Lipinski definition) is 2. The summed E-state index contributed by atoms with van der Waals surface area (Å²) in [6, 6.07) is 14.9. The van der Waals surface area contributed by atoms with Crippen LogP contribution in [0.25, 0.3) is 10.4 Å². The van der Waals surface area contributed by atoms with E-state index in [9.17, 15) is 4.79 Å². The number of nitrogens with one attached hydrogen (secondary N) is 1. The van der Waals surface area contributed by atoms with E-state index < -0.39 is 11.6 Å². The number of unbranched alkanes of at least 4 members (excludes halogenated alkanes) is 1. The highest BCUT2D eigenvalue weighted by Crippen LogP contribution is 2.34. The van der Waals surface area contributed by atoms with Crippen LogP contribution in [0.15, 0.2) is 58.6 Å². The highest BCUT2D eigenvalue weighted by molar-refractivity contribution is 6.00. The molecule has 1 amide bonds. The Morgan fingerprint density at radius 3 is 2.66 bits per heavy atom. The number of nitrogens with zero attached hydrogens (tertiary/aromatic N) is 4. The molecule has 2 aromatic carbocycles. The summed E-state index contributed by atoms with van der Waals surface area (Å²) in [5, 5.41) is 15.7. The summed E-state index contributed by atoms with van der Waals surface area (Å²) < 4.78 is 11.8. The number of carbonyl (C=O) groups excluding carboxylic acids is 1. The van der Waals surface area contributed by atoms with Gasteiger partial charge in [0.25, 0.3) is 5.91 Å². The number of aliphatic hydroxyl groups excluding tert-OH is 1. The molecule has 9 heteroatoms. The molecule has 1 aliphatic rings. The van der Waals surface area contributed by atoms with Crippen LogP contribution in [0.2, 0.25) is 0 Å². The average Bonchev–Trinajstić information content (AvgIpc) is 3.21. The molecule has 186 valence electrons. The minimum absolute atomic E-state index is 0.0784. The highest BCUT2D eigenvalue weighted by atomic mass is 16.5. The van der Waals surface area contributed by atoms with Gasteiger partial charge in [-0.3, -0.25) is 4.79 Å². The van der Waals surface area contributed by atoms with Gasteiger partial charge in [-0.15, -0.1) is 0 Å². The number of carbonyl (C=O) groups is 1. The molecular formula is C26H33N5O4. The normalized spacial score (nSPS) is 18.8. The van der Waals surface area contributed by atoms with E-state index >= 15 is 0 Å². The molecule has 0 unspecified atom stereocenters. The molecule has 2 aromatic rings. The van der Waals surface area contributed by atoms with Gasteiger partial charge in [-0.1, -0.05) is 42.7 Å². The summed E-state index contributed by atoms with van der Waals surface area (Å²) in [5.41, 5.74) is 10.1. The predicted octanol–water partition coefficient (Wildman–Crippen LogP) is 4.32. The molecule has 0 radical (unpaired) electrons. The third-order valence-electron chi connectivity index (χ3n) is 6.03. The maximum atomic E-state index is 13.5. The average molecular weight is 480 g/mol. The molecule has 0 aliphatic carbocycles. The minimum Gasteiger partial charge on any atom is -0.494 e. The topological polar surface area (TPSA) is 129 Å². The summed E-state index contributed by atoms with van der Waals surface area (Å²) in [7, 11) is 0. The second-order valence-corrected chi connectivity index (χ2v) is 8.50. The van der Waals surface area contributed by atoms with Crippen molar-refractivity contribution in [3.63, 3.8) is 0 Å². The predicted molar refractivity (Wildman–Crippen MR) is 134 cm³/mol. The lowest BCUT2D eigenvalue weighted by Gasteiger charge is -2.29. The molecule has 0 bridgehead atoms. The van der Waals surface area contributed by atoms with E-state index in [1.165, 1.54) is 0 Å². The minimum atomic E-state index is -1.16. The first-order chi connectivity index (χ1) is 17.0. The van der Waals surface area contributed by atoms with Crippen LogP contribution in [0.5, 0.6) is 5.75 Å². The number of benzene rings is 2. The lowest BCUT2D eigenvalue weighted by molar-refractivity contribution is -0.128. The van der Waals surface area contributed by atoms with E-state index in [4.69, 9.17) is 25.1 Å². The second kappa shape index (κ2) is 12.8. The zero-order valence-corrected chi connectivity index (χ0v) is 20.3. The zero-order valence-electron chi connectivity index (χ0n) is 20.3. The molecule has 0 spiro atoms. The Hall–Kier alpha value is -3.55. The largest absolute Gasteiger partial charge is 0.494 e. The highest BCUT2D eigenvalue weighted by Gasteiger charge is 2.50. The number of hydrogen-bond acceptors (Lipinski definition) is 6. The van der Waals surface area contributed by atoms with Crippen molar-refractivity contribution in [3.05, 3.63) is 75.7 Å². The lowest BCUT2D eigenvalue weighted by atomic mass is 9.84. The maximum Gasteiger partial charge on any atom is 0.252 e. The van der Waals surface area contributed by atoms with Crippen molar-refractivity contribution in [1.29, 1.82) is 0 Å². The first kappa shape index (κ1) is 26.1. The molecule has 0 fully saturated rings. The Bertz CT molecular complexity index is 1070. The van der Waals surface area contributed by atoms with Crippen molar-refractivity contribution in [3.8, 4) is 5.75 Å². The first-order valence-electron chi connectivity index (χ1n) is 12.0. The molecule has 1 aliphatic heterocycles. The monoisotopic (exact) mass is 479 g/mol. The Labute approximate surface area is 205 Å². The lowest BCUT2D eigenvalue weighted by Crippen LogP contribution is -2.52. The van der Waals surface area contributed by atoms with Gasteiger partial charge < -0.3 is 19.9 Å². The quantitative estimate of drug-likeness (QED) is 0.192. The fourth-order valence-corrected chi connectivity index (χ4v) is 3.96. The van der Waals surface area contributed by atoms with Gasteiger partial charge >= 0.3 is 0 Å². The number of rotatable bonds is 13. The van der Waals surface area contributed by atoms with Gasteiger partial charge in [0.05, 0.1) is 13.2 Å². The molecule has 0 saturated carbocycles. The van der Waals surface area contributed by atoms with Crippen LogP contribution < -0.4 is 10.1 Å². The third-order valence-corrected chi connectivity index (χ3v) is 6.03. The standard InChI is InChI=1S/C26H33N5O4/c1-3-4-14-28-25(33)26(17-21-8-5-6-9-22(21)18-29-31-27)19(2)35-24(30-26)20-10-12-23(13-11-20)34-16-7-15-32/h5-6,8-13,19,32H,3-4,7,14-18H2,1-2H3,(H,28,33)/t19-,26-/m1/s1. The molecule has 9 nitrogen and oxygen atoms in total. The molecule has 3 rings (SSSR count). The van der Waals surface area contributed by atoms with Crippen LogP contribution in [0, 0.1) is 0 Å². The van der Waals surface area contributed by atoms with Gasteiger partial charge in [0.1, 0.15) is 11.9 Å². The van der Waals surface area contributed by atoms with Gasteiger partial charge in [0.15, 0.2) is 5.54 Å². The second-order valence-electron chi connectivity index (χ2n) is 8.50. The van der Waals surface area contributed by atoms with Crippen molar-refractivity contribution < 1.29 is 19.4 Å². The van der Waals surface area contributed by atoms with E-state index in [0.717, 1.165) is 29.5 Å². The van der Waals surface area contributed by atoms with E-state index in [2.05, 4.69) is 22.3 Å². The summed E-state index contributed by atoms with van der Waals surface area (Å²) >= 11 is 0. The van der Waals surface area contributed by atoms with Crippen molar-refractivity contribution >= 4 is 11.8 Å². The van der Waals surface area contributed by atoms with Crippen molar-refractivity contribution in [2.45, 2.75) is 57.7 Å². The van der Waals surface area contributed by atoms with Crippen LogP contribution in [0.4, 0.5) is 0 Å². The third kappa shape index (κ3) is 6.53. The SMILES string of the molecule is CCCCNC(=O)[C@]1(Cc2ccccc2CN=[N+]=[N-])N=C(c2ccc(OCCCO)cc2)O[C@@H]1C. The van der Waals surface area contributed by atoms with Crippen molar-refractivity contribution in [2.24, 2.45) is 10.1 Å². The fraction of sp³-hybridized carbons (Fsp3) is 0.462. The molecule has 0 aromatic heterocycles. The van der Waals surface area contributed by atoms with Gasteiger partial charge in [0, 0.05) is 36.5 Å². The Balaban J connectivity index is 1.93. The summed E-state index contributed by atoms with van der Waals surface area (Å²) in [6.07, 6.45) is 2.21. The van der Waals surface area contributed by atoms with E-state index in [1.54, 1.807) is 0 Å². The molecule has 2 atom stereocenters. The first-order valence-corrected chi connectivity index (χ1v) is 12.0. The maximum absolute atomic E-state index is 13.5. The Kier molecular flexibility index (Phi) is 9.52. The van der Waals surface area contributed by atoms with Crippen molar-refractivity contribution in [2.75, 3.05) is 19.8 Å². The van der Waals surface area contributed by atoms with Crippen LogP contribution in [0.1, 0.15) is 49.8 Å². The molecule has 0 saturated heterocycles. The van der Waals surface area contributed by atoms with E-state index in [-0.39, 0.29) is 19.1 Å². The smallest absolute Gasteiger partial charge is 0.252 e. The Morgan fingerprint density at radius 1 is 1.23 bits per heavy atom. The fourth-order valence-electron chi connectivity index (χ4n) is 3.96. The molecular weight excluding hydrogens is 446 g/mol. The number of aliphatic imine (C=N–C) groups is 1. The number of ether oxygens (including phenoxy) is 2. The van der Waals surface area contributed by atoms with E-state index in [1.807, 2.05) is 55.5 Å². The molecule has 1 heterocycles. The van der Waals surface area contributed by atoms with E-state index in [0.29, 0.717) is 37.6 Å². The Morgan fingerprint density at radius 2 is 1.97 bits per heavy atom. The molecule has 35 heavy (non-hydrogen) atoms. The van der Waals surface area contributed by atoms with Crippen molar-refractivity contribution in [1.82, 2.24) is 5.32 Å². The molecule has 2 N–H and O–H groups in total. The number of amides is 1. The number of azide groups is 1. The van der Waals surface area contributed by atoms with Crippen LogP contribution in [0.3, 0.4) is 0 Å². The van der Waals surface area contributed by atoms with Gasteiger partial charge in [-0.25, -0.2) is 4.99 Å². The van der Waals surface area contributed by atoms with Crippen LogP contribution in [-0.2, 0) is 22.5 Å². The number of aliphatic hydroxyl groups is 1. The summed E-state index contributed by atoms with van der Waals surface area (Å²) in [4.78, 5) is 21.3. The summed E-state index contributed by atoms with van der Waals surface area (Å²) in [5.74, 6) is 0.901.